The van der Waals surface area contributed by atoms with Gasteiger partial charge in [-0.05, 0) is 19.3 Å². The van der Waals surface area contributed by atoms with Crippen LogP contribution in [0.3, 0.4) is 0 Å². The minimum Gasteiger partial charge on any atom is -0.396 e. The van der Waals surface area contributed by atoms with Crippen LogP contribution in [0.2, 0.25) is 0 Å². The molecule has 0 saturated carbocycles. The summed E-state index contributed by atoms with van der Waals surface area (Å²) in [6, 6.07) is 0. The number of sulfone groups is 1. The number of aromatic nitrogens is 3. The highest BCUT2D eigenvalue weighted by Gasteiger charge is 2.39. The molecular formula is C9H15N3O3S. The van der Waals surface area contributed by atoms with Crippen molar-refractivity contribution < 1.29 is 13.5 Å². The molecule has 1 saturated heterocycles. The zero-order chi connectivity index (χ0) is 11.6. The fraction of sp³-hybridized carbons (Fsp3) is 0.778. The topological polar surface area (TPSA) is 85.1 Å². The third-order valence-corrected chi connectivity index (χ3v) is 4.89. The van der Waals surface area contributed by atoms with Crippen molar-refractivity contribution in [3.05, 3.63) is 12.4 Å². The van der Waals surface area contributed by atoms with Crippen molar-refractivity contribution in [2.45, 2.75) is 24.8 Å². The summed E-state index contributed by atoms with van der Waals surface area (Å²) in [6.07, 6.45) is 4.82. The predicted molar refractivity (Wildman–Crippen MR) is 57.6 cm³/mol. The normalized spacial score (nSPS) is 23.1. The van der Waals surface area contributed by atoms with Crippen molar-refractivity contribution in [1.29, 1.82) is 0 Å². The van der Waals surface area contributed by atoms with E-state index in [1.54, 1.807) is 17.1 Å². The Labute approximate surface area is 94.2 Å². The minimum atomic E-state index is -2.91. The molecule has 16 heavy (non-hydrogen) atoms. The van der Waals surface area contributed by atoms with Crippen LogP contribution in [0.1, 0.15) is 19.3 Å². The lowest BCUT2D eigenvalue weighted by Gasteiger charge is -2.36. The lowest BCUT2D eigenvalue weighted by atomic mass is 9.89. The van der Waals surface area contributed by atoms with E-state index in [0.29, 0.717) is 19.3 Å². The molecule has 7 heteroatoms. The van der Waals surface area contributed by atoms with Gasteiger partial charge in [0.05, 0.1) is 23.2 Å². The Morgan fingerprint density at radius 1 is 1.38 bits per heavy atom. The van der Waals surface area contributed by atoms with Crippen molar-refractivity contribution >= 4 is 9.84 Å². The van der Waals surface area contributed by atoms with E-state index in [0.717, 1.165) is 0 Å². The summed E-state index contributed by atoms with van der Waals surface area (Å²) in [5.74, 6) is 0.319. The zero-order valence-corrected chi connectivity index (χ0v) is 9.73. The minimum absolute atomic E-state index is 0.0277. The van der Waals surface area contributed by atoms with Crippen LogP contribution in [0.5, 0.6) is 0 Å². The zero-order valence-electron chi connectivity index (χ0n) is 8.91. The van der Waals surface area contributed by atoms with Gasteiger partial charge in [0.1, 0.15) is 0 Å². The monoisotopic (exact) mass is 245 g/mol. The van der Waals surface area contributed by atoms with Crippen LogP contribution < -0.4 is 0 Å². The maximum atomic E-state index is 11.4. The van der Waals surface area contributed by atoms with Gasteiger partial charge in [0.2, 0.25) is 0 Å². The fourth-order valence-electron chi connectivity index (χ4n) is 2.18. The number of aliphatic hydroxyl groups excluding tert-OH is 1. The van der Waals surface area contributed by atoms with E-state index >= 15 is 0 Å². The van der Waals surface area contributed by atoms with E-state index < -0.39 is 9.84 Å². The molecule has 90 valence electrons. The van der Waals surface area contributed by atoms with Gasteiger partial charge in [0, 0.05) is 12.8 Å². The molecule has 1 aromatic heterocycles. The first kappa shape index (κ1) is 11.5. The van der Waals surface area contributed by atoms with Crippen LogP contribution >= 0.6 is 0 Å². The lowest BCUT2D eigenvalue weighted by molar-refractivity contribution is 0.153. The molecular weight excluding hydrogens is 230 g/mol. The van der Waals surface area contributed by atoms with Crippen molar-refractivity contribution in [1.82, 2.24) is 15.0 Å². The summed E-state index contributed by atoms with van der Waals surface area (Å²) < 4.78 is 24.5. The molecule has 0 amide bonds. The highest BCUT2D eigenvalue weighted by Crippen LogP contribution is 2.33. The van der Waals surface area contributed by atoms with E-state index in [2.05, 4.69) is 10.3 Å². The van der Waals surface area contributed by atoms with E-state index in [9.17, 15) is 8.42 Å². The summed E-state index contributed by atoms with van der Waals surface area (Å²) in [5, 5.41) is 16.8. The maximum absolute atomic E-state index is 11.4. The molecule has 0 unspecified atom stereocenters. The number of rotatable bonds is 3. The Balaban J connectivity index is 2.25. The van der Waals surface area contributed by atoms with Gasteiger partial charge in [-0.25, -0.2) is 13.1 Å². The first-order valence-corrected chi connectivity index (χ1v) is 7.08. The molecule has 1 aromatic rings. The lowest BCUT2D eigenvalue weighted by Crippen LogP contribution is -2.43. The number of hydrogen-bond donors (Lipinski definition) is 1. The largest absolute Gasteiger partial charge is 0.396 e. The standard InChI is InChI=1S/C9H15N3O3S/c13-6-1-9(12-5-4-10-11-12)2-7-16(14,15)8-3-9/h4-5,13H,1-3,6-8H2. The first-order chi connectivity index (χ1) is 7.58. The highest BCUT2D eigenvalue weighted by atomic mass is 32.2. The Bertz CT molecular complexity index is 427. The van der Waals surface area contributed by atoms with Gasteiger partial charge in [0.25, 0.3) is 0 Å². The van der Waals surface area contributed by atoms with Crippen LogP contribution in [0.25, 0.3) is 0 Å². The molecule has 6 nitrogen and oxygen atoms in total. The molecule has 0 aromatic carbocycles. The molecule has 0 bridgehead atoms. The Morgan fingerprint density at radius 2 is 2.06 bits per heavy atom. The first-order valence-electron chi connectivity index (χ1n) is 5.26. The van der Waals surface area contributed by atoms with E-state index in [1.165, 1.54) is 0 Å². The summed E-state index contributed by atoms with van der Waals surface area (Å²) >= 11 is 0. The third-order valence-electron chi connectivity index (χ3n) is 3.24. The number of nitrogens with zero attached hydrogens (tertiary/aromatic N) is 3. The molecule has 0 aliphatic carbocycles. The van der Waals surface area contributed by atoms with Crippen molar-refractivity contribution in [3.8, 4) is 0 Å². The van der Waals surface area contributed by atoms with Crippen LogP contribution in [0, 0.1) is 0 Å². The van der Waals surface area contributed by atoms with Gasteiger partial charge in [-0.15, -0.1) is 5.10 Å². The van der Waals surface area contributed by atoms with Crippen LogP contribution in [0.4, 0.5) is 0 Å². The second-order valence-corrected chi connectivity index (χ2v) is 6.50. The smallest absolute Gasteiger partial charge is 0.150 e. The second-order valence-electron chi connectivity index (χ2n) is 4.20. The average Bonchev–Trinajstić information content (AvgIpc) is 2.76. The van der Waals surface area contributed by atoms with Crippen molar-refractivity contribution in [2.75, 3.05) is 18.1 Å². The molecule has 2 heterocycles. The predicted octanol–water partition coefficient (Wildman–Crippen LogP) is -0.436. The molecule has 1 aliphatic heterocycles. The summed E-state index contributed by atoms with van der Waals surface area (Å²) in [4.78, 5) is 0. The van der Waals surface area contributed by atoms with Crippen molar-refractivity contribution in [3.63, 3.8) is 0 Å². The number of hydrogen-bond acceptors (Lipinski definition) is 5. The van der Waals surface area contributed by atoms with Crippen LogP contribution in [0.15, 0.2) is 12.4 Å². The van der Waals surface area contributed by atoms with E-state index in [1.807, 2.05) is 0 Å². The van der Waals surface area contributed by atoms with Gasteiger partial charge >= 0.3 is 0 Å². The molecule has 0 radical (unpaired) electrons. The van der Waals surface area contributed by atoms with E-state index in [-0.39, 0.29) is 23.7 Å². The Kier molecular flexibility index (Phi) is 2.98. The van der Waals surface area contributed by atoms with Gasteiger partial charge < -0.3 is 5.11 Å². The molecule has 0 atom stereocenters. The van der Waals surface area contributed by atoms with Gasteiger partial charge in [-0.1, -0.05) is 5.21 Å². The SMILES string of the molecule is O=S1(=O)CCC(CCO)(n2ccnn2)CC1. The maximum Gasteiger partial charge on any atom is 0.150 e. The van der Waals surface area contributed by atoms with Crippen molar-refractivity contribution in [2.24, 2.45) is 0 Å². The average molecular weight is 245 g/mol. The summed E-state index contributed by atoms with van der Waals surface area (Å²) in [6.45, 7) is 0.0277. The van der Waals surface area contributed by atoms with Gasteiger partial charge in [0.15, 0.2) is 9.84 Å². The molecule has 1 aliphatic rings. The fourth-order valence-corrected chi connectivity index (χ4v) is 3.77. The third kappa shape index (κ3) is 2.10. The molecule has 1 fully saturated rings. The van der Waals surface area contributed by atoms with E-state index in [4.69, 9.17) is 5.11 Å². The Morgan fingerprint density at radius 3 is 2.56 bits per heavy atom. The summed E-state index contributed by atoms with van der Waals surface area (Å²) in [5.41, 5.74) is -0.378. The second kappa shape index (κ2) is 4.14. The highest BCUT2D eigenvalue weighted by molar-refractivity contribution is 7.91. The molecule has 1 N–H and O–H groups in total. The quantitative estimate of drug-likeness (QED) is 0.780. The van der Waals surface area contributed by atoms with Crippen LogP contribution in [-0.4, -0.2) is 46.6 Å². The van der Waals surface area contributed by atoms with Gasteiger partial charge in [-0.3, -0.25) is 0 Å². The van der Waals surface area contributed by atoms with Gasteiger partial charge in [-0.2, -0.15) is 0 Å². The Hall–Kier alpha value is -0.950. The molecule has 0 spiro atoms. The molecule has 2 rings (SSSR count). The summed E-state index contributed by atoms with van der Waals surface area (Å²) in [7, 11) is -2.91. The number of aliphatic hydroxyl groups is 1. The van der Waals surface area contributed by atoms with Crippen LogP contribution in [-0.2, 0) is 15.4 Å².